The second-order valence-corrected chi connectivity index (χ2v) is 3.87. The first-order valence-corrected chi connectivity index (χ1v) is 4.99. The zero-order valence-electron chi connectivity index (χ0n) is 7.73. The Morgan fingerprint density at radius 2 is 2.00 bits per heavy atom. The Kier molecular flexibility index (Phi) is 3.68. The van der Waals surface area contributed by atoms with Gasteiger partial charge in [0.25, 0.3) is 0 Å². The molecule has 0 amide bonds. The second kappa shape index (κ2) is 4.58. The first-order chi connectivity index (χ1) is 5.33. The first kappa shape index (κ1) is 8.83. The molecule has 0 N–H and O–H groups in total. The fourth-order valence-electron chi connectivity index (χ4n) is 1.82. The smallest absolute Gasteiger partial charge is 0.0291 e. The number of rotatable bonds is 5. The van der Waals surface area contributed by atoms with Crippen LogP contribution in [0.2, 0.25) is 0 Å². The normalized spacial score (nSPS) is 18.5. The minimum atomic E-state index is 1.01. The van der Waals surface area contributed by atoms with E-state index in [2.05, 4.69) is 13.5 Å². The Bertz CT molecular complexity index is 116. The Hall–Kier alpha value is -0.260. The molecule has 0 radical (unpaired) electrons. The third kappa shape index (κ3) is 3.09. The van der Waals surface area contributed by atoms with E-state index in [1.807, 2.05) is 0 Å². The van der Waals surface area contributed by atoms with Crippen molar-refractivity contribution in [3.8, 4) is 0 Å². The molecule has 1 saturated carbocycles. The van der Waals surface area contributed by atoms with Crippen LogP contribution in [0.5, 0.6) is 0 Å². The van der Waals surface area contributed by atoms with Crippen LogP contribution in [0.1, 0.15) is 51.9 Å². The van der Waals surface area contributed by atoms with Crippen molar-refractivity contribution in [1.29, 1.82) is 0 Å². The molecular formula is C11H20. The van der Waals surface area contributed by atoms with Gasteiger partial charge in [-0.2, -0.15) is 0 Å². The van der Waals surface area contributed by atoms with Crippen molar-refractivity contribution >= 4 is 0 Å². The summed E-state index contributed by atoms with van der Waals surface area (Å²) in [4.78, 5) is 0. The molecule has 64 valence electrons. The van der Waals surface area contributed by atoms with Crippen molar-refractivity contribution in [3.05, 3.63) is 12.2 Å². The van der Waals surface area contributed by atoms with Crippen molar-refractivity contribution in [2.24, 2.45) is 5.92 Å². The third-order valence-corrected chi connectivity index (χ3v) is 2.62. The predicted molar refractivity (Wildman–Crippen MR) is 50.6 cm³/mol. The van der Waals surface area contributed by atoms with Gasteiger partial charge >= 0.3 is 0 Å². The van der Waals surface area contributed by atoms with Crippen LogP contribution >= 0.6 is 0 Å². The molecule has 1 aliphatic carbocycles. The first-order valence-electron chi connectivity index (χ1n) is 4.99. The van der Waals surface area contributed by atoms with Gasteiger partial charge in [-0.05, 0) is 25.2 Å². The molecule has 1 aliphatic rings. The monoisotopic (exact) mass is 153 g/mol. The summed E-state index contributed by atoms with van der Waals surface area (Å²) in [7, 11) is 0. The lowest BCUT2D eigenvalue weighted by Crippen LogP contribution is -2.13. The summed E-state index contributed by atoms with van der Waals surface area (Å²) in [6.07, 6.45) is 9.79. The van der Waals surface area contributed by atoms with E-state index in [0.29, 0.717) is 0 Å². The van der Waals surface area contributed by atoms with Crippen molar-refractivity contribution in [1.82, 2.24) is 0 Å². The van der Waals surface area contributed by atoms with Crippen LogP contribution in [0.4, 0.5) is 0 Å². The van der Waals surface area contributed by atoms with Crippen molar-refractivity contribution in [3.63, 3.8) is 0 Å². The third-order valence-electron chi connectivity index (χ3n) is 2.62. The van der Waals surface area contributed by atoms with Gasteiger partial charge in [-0.15, -0.1) is 0 Å². The highest BCUT2D eigenvalue weighted by Crippen LogP contribution is 2.35. The Balaban J connectivity index is 1.85. The van der Waals surface area contributed by atoms with Gasteiger partial charge in [0.05, 0.1) is 0 Å². The van der Waals surface area contributed by atoms with Gasteiger partial charge in [0.15, 0.2) is 0 Å². The molecule has 0 spiro atoms. The van der Waals surface area contributed by atoms with E-state index in [1.165, 1.54) is 50.5 Å². The van der Waals surface area contributed by atoms with Gasteiger partial charge in [-0.1, -0.05) is 44.8 Å². The summed E-state index contributed by atoms with van der Waals surface area (Å²) >= 11 is 0. The Labute approximate surface area is 70.7 Å². The molecule has 0 aromatic carbocycles. The Morgan fingerprint density at radius 3 is 2.55 bits per heavy atom. The quantitative estimate of drug-likeness (QED) is 0.319. The van der Waals surface area contributed by atoms with Gasteiger partial charge in [0.2, 0.25) is 0 Å². The van der Waals surface area contributed by atoms with Gasteiger partial charge < -0.3 is 0 Å². The van der Waals surface area contributed by atoms with Gasteiger partial charge in [0.1, 0.15) is 0 Å². The summed E-state index contributed by atoms with van der Waals surface area (Å²) < 4.78 is 0. The molecule has 0 aromatic heterocycles. The maximum Gasteiger partial charge on any atom is -0.0291 e. The van der Waals surface area contributed by atoms with Crippen LogP contribution in [0.25, 0.3) is 0 Å². The van der Waals surface area contributed by atoms with Gasteiger partial charge in [-0.25, -0.2) is 0 Å². The van der Waals surface area contributed by atoms with Crippen molar-refractivity contribution in [2.75, 3.05) is 0 Å². The summed E-state index contributed by atoms with van der Waals surface area (Å²) in [5.74, 6) is 1.01. The molecule has 0 heterocycles. The average Bonchev–Trinajstić information content (AvgIpc) is 1.94. The summed E-state index contributed by atoms with van der Waals surface area (Å²) in [6.45, 7) is 6.22. The van der Waals surface area contributed by atoms with E-state index >= 15 is 0 Å². The largest absolute Gasteiger partial charge is 0.0998 e. The highest BCUT2D eigenvalue weighted by molar-refractivity contribution is 5.07. The molecule has 0 nitrogen and oxygen atoms in total. The van der Waals surface area contributed by atoms with Crippen LogP contribution in [0.3, 0.4) is 0 Å². The van der Waals surface area contributed by atoms with Crippen LogP contribution in [-0.4, -0.2) is 0 Å². The van der Waals surface area contributed by atoms with E-state index in [1.54, 1.807) is 0 Å². The topological polar surface area (TPSA) is 0 Å². The van der Waals surface area contributed by atoms with Crippen LogP contribution < -0.4 is 0 Å². The van der Waals surface area contributed by atoms with Gasteiger partial charge in [0, 0.05) is 0 Å². The highest BCUT2D eigenvalue weighted by atomic mass is 14.3. The summed E-state index contributed by atoms with van der Waals surface area (Å²) in [6, 6.07) is 0. The van der Waals surface area contributed by atoms with E-state index in [9.17, 15) is 0 Å². The lowest BCUT2D eigenvalue weighted by atomic mass is 9.79. The lowest BCUT2D eigenvalue weighted by molar-refractivity contribution is 0.373. The summed E-state index contributed by atoms with van der Waals surface area (Å²) in [5, 5.41) is 0. The molecular weight excluding hydrogens is 133 g/mol. The standard InChI is InChI=1S/C11H20/c1-3-4-5-6-7-11-8-10(2)9-11/h11H,2-9H2,1H3/i2+1. The molecule has 0 heteroatoms. The van der Waals surface area contributed by atoms with Gasteiger partial charge in [-0.3, -0.25) is 0 Å². The number of hydrogen-bond donors (Lipinski definition) is 0. The van der Waals surface area contributed by atoms with E-state index in [0.717, 1.165) is 5.92 Å². The van der Waals surface area contributed by atoms with Crippen molar-refractivity contribution < 1.29 is 0 Å². The molecule has 0 aliphatic heterocycles. The van der Waals surface area contributed by atoms with Crippen LogP contribution in [0.15, 0.2) is 12.2 Å². The number of allylic oxidation sites excluding steroid dienone is 1. The minimum absolute atomic E-state index is 1.01. The van der Waals surface area contributed by atoms with E-state index in [-0.39, 0.29) is 0 Å². The van der Waals surface area contributed by atoms with E-state index < -0.39 is 0 Å². The fraction of sp³-hybridized carbons (Fsp3) is 0.818. The molecule has 0 unspecified atom stereocenters. The fourth-order valence-corrected chi connectivity index (χ4v) is 1.82. The van der Waals surface area contributed by atoms with Crippen LogP contribution in [0, 0.1) is 5.92 Å². The molecule has 0 aromatic rings. The molecule has 11 heavy (non-hydrogen) atoms. The predicted octanol–water partition coefficient (Wildman–Crippen LogP) is 3.92. The summed E-state index contributed by atoms with van der Waals surface area (Å²) in [5.41, 5.74) is 1.48. The maximum absolute atomic E-state index is 3.96. The van der Waals surface area contributed by atoms with Crippen molar-refractivity contribution in [2.45, 2.75) is 51.9 Å². The molecule has 0 atom stereocenters. The van der Waals surface area contributed by atoms with E-state index in [4.69, 9.17) is 0 Å². The highest BCUT2D eigenvalue weighted by Gasteiger charge is 2.19. The van der Waals surface area contributed by atoms with Crippen LogP contribution in [-0.2, 0) is 0 Å². The molecule has 0 saturated heterocycles. The zero-order chi connectivity index (χ0) is 8.10. The lowest BCUT2D eigenvalue weighted by Gasteiger charge is -2.28. The maximum atomic E-state index is 3.96. The zero-order valence-corrected chi connectivity index (χ0v) is 7.73. The molecule has 0 bridgehead atoms. The number of unbranched alkanes of at least 4 members (excludes halogenated alkanes) is 3. The second-order valence-electron chi connectivity index (χ2n) is 3.87. The molecule has 1 fully saturated rings. The molecule has 1 rings (SSSR count). The minimum Gasteiger partial charge on any atom is -0.0998 e. The SMILES string of the molecule is CCCCCCC1CC(=[13CH2])C1. The number of hydrogen-bond acceptors (Lipinski definition) is 0. The Morgan fingerprint density at radius 1 is 1.27 bits per heavy atom. The average molecular weight is 153 g/mol.